The first-order chi connectivity index (χ1) is 12.5. The third-order valence-electron chi connectivity index (χ3n) is 6.52. The standard InChI is InChI=1S/C20H28N2O3S/c1-2-26(24,25)22-11-9-20(10-12-22)13-17(16-5-3-4-6-18(16)20)19(23)21-14-15-7-8-15/h3-6,15,17H,2,7-14H2,1H3,(H,21,23). The summed E-state index contributed by atoms with van der Waals surface area (Å²) in [6.45, 7) is 3.61. The Balaban J connectivity index is 1.54. The van der Waals surface area contributed by atoms with Gasteiger partial charge in [0.1, 0.15) is 0 Å². The number of piperidine rings is 1. The Hall–Kier alpha value is -1.40. The molecule has 26 heavy (non-hydrogen) atoms. The molecule has 0 bridgehead atoms. The summed E-state index contributed by atoms with van der Waals surface area (Å²) >= 11 is 0. The molecular weight excluding hydrogens is 348 g/mol. The minimum atomic E-state index is -3.13. The maximum Gasteiger partial charge on any atom is 0.227 e. The van der Waals surface area contributed by atoms with Crippen LogP contribution in [-0.2, 0) is 20.2 Å². The Kier molecular flexibility index (Phi) is 4.59. The maximum absolute atomic E-state index is 12.8. The quantitative estimate of drug-likeness (QED) is 0.858. The van der Waals surface area contributed by atoms with Gasteiger partial charge in [-0.2, -0.15) is 0 Å². The third kappa shape index (κ3) is 3.18. The molecule has 2 aliphatic carbocycles. The lowest BCUT2D eigenvalue weighted by atomic mass is 9.74. The first-order valence-electron chi connectivity index (χ1n) is 9.80. The molecule has 2 fully saturated rings. The van der Waals surface area contributed by atoms with E-state index in [9.17, 15) is 13.2 Å². The molecule has 1 heterocycles. The SMILES string of the molecule is CCS(=O)(=O)N1CCC2(CC1)CC(C(=O)NCC1CC1)c1ccccc12. The molecule has 4 rings (SSSR count). The molecule has 1 unspecified atom stereocenters. The zero-order chi connectivity index (χ0) is 18.4. The van der Waals surface area contributed by atoms with E-state index in [-0.39, 0.29) is 23.0 Å². The topological polar surface area (TPSA) is 66.5 Å². The average molecular weight is 377 g/mol. The number of hydrogen-bond acceptors (Lipinski definition) is 3. The second-order valence-electron chi connectivity index (χ2n) is 8.11. The molecule has 3 aliphatic rings. The van der Waals surface area contributed by atoms with Gasteiger partial charge in [-0.05, 0) is 61.5 Å². The Morgan fingerprint density at radius 3 is 2.58 bits per heavy atom. The highest BCUT2D eigenvalue weighted by molar-refractivity contribution is 7.89. The summed E-state index contributed by atoms with van der Waals surface area (Å²) < 4.78 is 26.0. The third-order valence-corrected chi connectivity index (χ3v) is 8.40. The molecule has 1 N–H and O–H groups in total. The lowest BCUT2D eigenvalue weighted by Crippen LogP contribution is -2.45. The summed E-state index contributed by atoms with van der Waals surface area (Å²) in [5, 5.41) is 3.15. The molecule has 1 amide bonds. The summed E-state index contributed by atoms with van der Waals surface area (Å²) in [6.07, 6.45) is 4.87. The minimum absolute atomic E-state index is 0.0576. The number of rotatable bonds is 5. The van der Waals surface area contributed by atoms with Crippen molar-refractivity contribution in [3.05, 3.63) is 35.4 Å². The van der Waals surface area contributed by atoms with Crippen LogP contribution in [-0.4, -0.2) is 44.0 Å². The maximum atomic E-state index is 12.8. The number of carbonyl (C=O) groups excluding carboxylic acids is 1. The molecule has 0 radical (unpaired) electrons. The zero-order valence-electron chi connectivity index (χ0n) is 15.4. The average Bonchev–Trinajstić information content (AvgIpc) is 3.44. The molecule has 0 aromatic heterocycles. The van der Waals surface area contributed by atoms with Gasteiger partial charge in [-0.25, -0.2) is 12.7 Å². The van der Waals surface area contributed by atoms with E-state index < -0.39 is 10.0 Å². The van der Waals surface area contributed by atoms with Crippen LogP contribution in [0.2, 0.25) is 0 Å². The van der Waals surface area contributed by atoms with Gasteiger partial charge in [-0.1, -0.05) is 24.3 Å². The number of fused-ring (bicyclic) bond motifs is 2. The first-order valence-corrected chi connectivity index (χ1v) is 11.4. The van der Waals surface area contributed by atoms with Crippen LogP contribution >= 0.6 is 0 Å². The van der Waals surface area contributed by atoms with Gasteiger partial charge >= 0.3 is 0 Å². The van der Waals surface area contributed by atoms with Gasteiger partial charge in [-0.3, -0.25) is 4.79 Å². The number of nitrogens with one attached hydrogen (secondary N) is 1. The molecule has 1 saturated carbocycles. The van der Waals surface area contributed by atoms with Crippen LogP contribution in [0.25, 0.3) is 0 Å². The number of nitrogens with zero attached hydrogens (tertiary/aromatic N) is 1. The van der Waals surface area contributed by atoms with E-state index in [2.05, 4.69) is 17.4 Å². The second-order valence-corrected chi connectivity index (χ2v) is 10.4. The van der Waals surface area contributed by atoms with Crippen molar-refractivity contribution in [3.8, 4) is 0 Å². The van der Waals surface area contributed by atoms with E-state index in [1.54, 1.807) is 11.2 Å². The number of hydrogen-bond donors (Lipinski definition) is 1. The summed E-state index contributed by atoms with van der Waals surface area (Å²) in [5.41, 5.74) is 2.35. The lowest BCUT2D eigenvalue weighted by Gasteiger charge is -2.39. The monoisotopic (exact) mass is 376 g/mol. The van der Waals surface area contributed by atoms with Crippen LogP contribution < -0.4 is 5.32 Å². The predicted octanol–water partition coefficient (Wildman–Crippen LogP) is 2.38. The van der Waals surface area contributed by atoms with E-state index in [0.29, 0.717) is 19.0 Å². The minimum Gasteiger partial charge on any atom is -0.355 e. The number of amides is 1. The van der Waals surface area contributed by atoms with Crippen molar-refractivity contribution in [2.75, 3.05) is 25.4 Å². The Labute approximate surface area is 156 Å². The Morgan fingerprint density at radius 2 is 1.92 bits per heavy atom. The highest BCUT2D eigenvalue weighted by Gasteiger charge is 2.48. The van der Waals surface area contributed by atoms with Gasteiger partial charge in [0.25, 0.3) is 0 Å². The summed E-state index contributed by atoms with van der Waals surface area (Å²) in [7, 11) is -3.13. The van der Waals surface area contributed by atoms with Crippen LogP contribution in [0.15, 0.2) is 24.3 Å². The van der Waals surface area contributed by atoms with E-state index in [0.717, 1.165) is 31.4 Å². The number of benzene rings is 1. The number of sulfonamides is 1. The molecular formula is C20H28N2O3S. The fraction of sp³-hybridized carbons (Fsp3) is 0.650. The van der Waals surface area contributed by atoms with Gasteiger partial charge in [0.05, 0.1) is 11.7 Å². The highest BCUT2D eigenvalue weighted by atomic mass is 32.2. The fourth-order valence-corrected chi connectivity index (χ4v) is 5.77. The number of carbonyl (C=O) groups is 1. The summed E-state index contributed by atoms with van der Waals surface area (Å²) in [6, 6.07) is 8.28. The molecule has 1 aromatic carbocycles. The molecule has 142 valence electrons. The van der Waals surface area contributed by atoms with Crippen molar-refractivity contribution in [2.24, 2.45) is 5.92 Å². The molecule has 1 spiro atoms. The van der Waals surface area contributed by atoms with Crippen LogP contribution in [0, 0.1) is 5.92 Å². The second kappa shape index (κ2) is 6.64. The van der Waals surface area contributed by atoms with E-state index in [4.69, 9.17) is 0 Å². The van der Waals surface area contributed by atoms with Crippen molar-refractivity contribution in [3.63, 3.8) is 0 Å². The summed E-state index contributed by atoms with van der Waals surface area (Å²) in [4.78, 5) is 12.8. The van der Waals surface area contributed by atoms with E-state index in [1.165, 1.54) is 18.4 Å². The Bertz CT molecular complexity index is 793. The molecule has 1 saturated heterocycles. The first kappa shape index (κ1) is 18.0. The molecule has 1 atom stereocenters. The van der Waals surface area contributed by atoms with Crippen molar-refractivity contribution >= 4 is 15.9 Å². The van der Waals surface area contributed by atoms with E-state index >= 15 is 0 Å². The summed E-state index contributed by atoms with van der Waals surface area (Å²) in [5.74, 6) is 0.874. The highest BCUT2D eigenvalue weighted by Crippen LogP contribution is 2.52. The smallest absolute Gasteiger partial charge is 0.227 e. The van der Waals surface area contributed by atoms with Crippen LogP contribution in [0.4, 0.5) is 0 Å². The Morgan fingerprint density at radius 1 is 1.23 bits per heavy atom. The van der Waals surface area contributed by atoms with Gasteiger partial charge < -0.3 is 5.32 Å². The van der Waals surface area contributed by atoms with Gasteiger partial charge in [-0.15, -0.1) is 0 Å². The molecule has 6 heteroatoms. The van der Waals surface area contributed by atoms with Crippen molar-refractivity contribution in [2.45, 2.75) is 50.4 Å². The van der Waals surface area contributed by atoms with Crippen molar-refractivity contribution in [1.82, 2.24) is 9.62 Å². The van der Waals surface area contributed by atoms with Gasteiger partial charge in [0, 0.05) is 19.6 Å². The van der Waals surface area contributed by atoms with Gasteiger partial charge in [0.2, 0.25) is 15.9 Å². The van der Waals surface area contributed by atoms with Crippen LogP contribution in [0.5, 0.6) is 0 Å². The van der Waals surface area contributed by atoms with Crippen molar-refractivity contribution in [1.29, 1.82) is 0 Å². The predicted molar refractivity (Wildman–Crippen MR) is 101 cm³/mol. The molecule has 5 nitrogen and oxygen atoms in total. The molecule has 1 aromatic rings. The zero-order valence-corrected chi connectivity index (χ0v) is 16.2. The lowest BCUT2D eigenvalue weighted by molar-refractivity contribution is -0.122. The van der Waals surface area contributed by atoms with E-state index in [1.807, 2.05) is 12.1 Å². The molecule has 1 aliphatic heterocycles. The van der Waals surface area contributed by atoms with Gasteiger partial charge in [0.15, 0.2) is 0 Å². The van der Waals surface area contributed by atoms with Crippen molar-refractivity contribution < 1.29 is 13.2 Å². The van der Waals surface area contributed by atoms with Crippen LogP contribution in [0.1, 0.15) is 56.1 Å². The fourth-order valence-electron chi connectivity index (χ4n) is 4.67. The van der Waals surface area contributed by atoms with Crippen LogP contribution in [0.3, 0.4) is 0 Å². The largest absolute Gasteiger partial charge is 0.355 e. The normalized spacial score (nSPS) is 25.2.